The fourth-order valence-corrected chi connectivity index (χ4v) is 3.92. The summed E-state index contributed by atoms with van der Waals surface area (Å²) in [4.78, 5) is 15.4. The van der Waals surface area contributed by atoms with Crippen LogP contribution in [0.25, 0.3) is 0 Å². The SMILES string of the molecule is CC(c1ccc(C(=O)c2ccccc2)[nH]1)c1c(F)cc(NS(=O)(=O)CCO)cc1F. The van der Waals surface area contributed by atoms with Crippen molar-refractivity contribution in [1.29, 1.82) is 0 Å². The normalized spacial score (nSPS) is 12.5. The Hall–Kier alpha value is -3.04. The Morgan fingerprint density at radius 1 is 1.10 bits per heavy atom. The molecule has 0 saturated heterocycles. The summed E-state index contributed by atoms with van der Waals surface area (Å²) in [5, 5.41) is 8.75. The number of aliphatic hydroxyl groups excluding tert-OH is 1. The molecule has 0 radical (unpaired) electrons. The fraction of sp³-hybridized carbons (Fsp3) is 0.190. The molecule has 0 spiro atoms. The first kappa shape index (κ1) is 21.7. The molecule has 0 aliphatic heterocycles. The van der Waals surface area contributed by atoms with Crippen molar-refractivity contribution in [2.75, 3.05) is 17.1 Å². The number of benzene rings is 2. The van der Waals surface area contributed by atoms with Gasteiger partial charge in [0.2, 0.25) is 15.8 Å². The van der Waals surface area contributed by atoms with Crippen molar-refractivity contribution >= 4 is 21.5 Å². The number of anilines is 1. The van der Waals surface area contributed by atoms with Gasteiger partial charge in [-0.25, -0.2) is 17.2 Å². The molecular formula is C21H20F2N2O4S. The zero-order valence-electron chi connectivity index (χ0n) is 16.0. The van der Waals surface area contributed by atoms with Crippen LogP contribution in [0.4, 0.5) is 14.5 Å². The van der Waals surface area contributed by atoms with Crippen molar-refractivity contribution in [3.63, 3.8) is 0 Å². The number of ketones is 1. The lowest BCUT2D eigenvalue weighted by Gasteiger charge is -2.15. The maximum absolute atomic E-state index is 14.6. The van der Waals surface area contributed by atoms with E-state index in [4.69, 9.17) is 5.11 Å². The van der Waals surface area contributed by atoms with Gasteiger partial charge in [-0.05, 0) is 24.3 Å². The highest BCUT2D eigenvalue weighted by molar-refractivity contribution is 7.92. The molecule has 3 rings (SSSR count). The highest BCUT2D eigenvalue weighted by atomic mass is 32.2. The van der Waals surface area contributed by atoms with E-state index in [0.29, 0.717) is 11.3 Å². The molecule has 158 valence electrons. The quantitative estimate of drug-likeness (QED) is 0.473. The number of aliphatic hydroxyl groups is 1. The number of carbonyl (C=O) groups is 1. The average Bonchev–Trinajstić information content (AvgIpc) is 3.17. The molecule has 6 nitrogen and oxygen atoms in total. The summed E-state index contributed by atoms with van der Waals surface area (Å²) in [6.45, 7) is 0.950. The first-order valence-corrected chi connectivity index (χ1v) is 10.8. The molecular weight excluding hydrogens is 414 g/mol. The second kappa shape index (κ2) is 8.76. The summed E-state index contributed by atoms with van der Waals surface area (Å²) < 4.78 is 54.7. The number of carbonyl (C=O) groups excluding carboxylic acids is 1. The van der Waals surface area contributed by atoms with Gasteiger partial charge in [-0.2, -0.15) is 0 Å². The Bertz CT molecular complexity index is 1140. The minimum Gasteiger partial charge on any atom is -0.395 e. The van der Waals surface area contributed by atoms with Crippen LogP contribution in [-0.2, 0) is 10.0 Å². The van der Waals surface area contributed by atoms with Crippen LogP contribution in [0, 0.1) is 11.6 Å². The average molecular weight is 434 g/mol. The van der Waals surface area contributed by atoms with E-state index >= 15 is 0 Å². The van der Waals surface area contributed by atoms with E-state index in [-0.39, 0.29) is 22.7 Å². The van der Waals surface area contributed by atoms with Gasteiger partial charge < -0.3 is 10.1 Å². The van der Waals surface area contributed by atoms with Crippen LogP contribution in [0.15, 0.2) is 54.6 Å². The number of H-pyrrole nitrogens is 1. The van der Waals surface area contributed by atoms with E-state index in [1.165, 1.54) is 0 Å². The lowest BCUT2D eigenvalue weighted by Crippen LogP contribution is -2.19. The number of hydrogen-bond acceptors (Lipinski definition) is 4. The van der Waals surface area contributed by atoms with E-state index in [0.717, 1.165) is 12.1 Å². The summed E-state index contributed by atoms with van der Waals surface area (Å²) in [7, 11) is -3.91. The Balaban J connectivity index is 1.86. The Morgan fingerprint density at radius 3 is 2.33 bits per heavy atom. The van der Waals surface area contributed by atoms with Gasteiger partial charge in [-0.3, -0.25) is 9.52 Å². The summed E-state index contributed by atoms with van der Waals surface area (Å²) >= 11 is 0. The van der Waals surface area contributed by atoms with E-state index in [9.17, 15) is 22.0 Å². The number of halogens is 2. The van der Waals surface area contributed by atoms with Crippen molar-refractivity contribution in [1.82, 2.24) is 4.98 Å². The van der Waals surface area contributed by atoms with Gasteiger partial charge in [0.05, 0.1) is 23.7 Å². The van der Waals surface area contributed by atoms with Gasteiger partial charge in [0.25, 0.3) is 0 Å². The molecule has 0 aliphatic carbocycles. The number of nitrogens with one attached hydrogen (secondary N) is 2. The number of rotatable bonds is 8. The molecule has 30 heavy (non-hydrogen) atoms. The fourth-order valence-electron chi connectivity index (χ4n) is 3.11. The van der Waals surface area contributed by atoms with Crippen molar-refractivity contribution in [2.24, 2.45) is 0 Å². The van der Waals surface area contributed by atoms with Crippen LogP contribution < -0.4 is 4.72 Å². The lowest BCUT2D eigenvalue weighted by molar-refractivity contribution is 0.103. The predicted molar refractivity (Wildman–Crippen MR) is 109 cm³/mol. The van der Waals surface area contributed by atoms with Gasteiger partial charge in [0.1, 0.15) is 11.6 Å². The zero-order valence-corrected chi connectivity index (χ0v) is 16.8. The molecule has 1 atom stereocenters. The summed E-state index contributed by atoms with van der Waals surface area (Å²) in [5.41, 5.74) is 0.662. The second-order valence-corrected chi connectivity index (χ2v) is 8.58. The summed E-state index contributed by atoms with van der Waals surface area (Å²) in [6.07, 6.45) is 0. The van der Waals surface area contributed by atoms with Gasteiger partial charge in [-0.1, -0.05) is 37.3 Å². The molecule has 9 heteroatoms. The maximum atomic E-state index is 14.6. The van der Waals surface area contributed by atoms with Crippen molar-refractivity contribution in [3.05, 3.63) is 88.7 Å². The molecule has 0 amide bonds. The first-order valence-electron chi connectivity index (χ1n) is 9.11. The Kier molecular flexibility index (Phi) is 6.33. The maximum Gasteiger partial charge on any atom is 0.234 e. The molecule has 1 aromatic heterocycles. The molecule has 1 unspecified atom stereocenters. The second-order valence-electron chi connectivity index (χ2n) is 6.74. The minimum absolute atomic E-state index is 0.247. The number of aromatic nitrogens is 1. The number of sulfonamides is 1. The monoisotopic (exact) mass is 434 g/mol. The van der Waals surface area contributed by atoms with Crippen LogP contribution in [0.5, 0.6) is 0 Å². The summed E-state index contributed by atoms with van der Waals surface area (Å²) in [5.74, 6) is -3.46. The van der Waals surface area contributed by atoms with Crippen LogP contribution in [0.2, 0.25) is 0 Å². The van der Waals surface area contributed by atoms with Crippen LogP contribution >= 0.6 is 0 Å². The molecule has 0 fully saturated rings. The molecule has 0 aliphatic rings. The third-order valence-electron chi connectivity index (χ3n) is 4.60. The number of hydrogen-bond donors (Lipinski definition) is 3. The van der Waals surface area contributed by atoms with Crippen LogP contribution in [0.3, 0.4) is 0 Å². The van der Waals surface area contributed by atoms with Gasteiger partial charge in [0.15, 0.2) is 0 Å². The Labute approximate surface area is 172 Å². The van der Waals surface area contributed by atoms with Gasteiger partial charge in [0, 0.05) is 22.7 Å². The van der Waals surface area contributed by atoms with E-state index in [2.05, 4.69) is 4.98 Å². The topological polar surface area (TPSA) is 99.3 Å². The van der Waals surface area contributed by atoms with Crippen molar-refractivity contribution < 1.29 is 27.1 Å². The van der Waals surface area contributed by atoms with E-state index in [1.54, 1.807) is 49.4 Å². The van der Waals surface area contributed by atoms with E-state index in [1.807, 2.05) is 4.72 Å². The largest absolute Gasteiger partial charge is 0.395 e. The van der Waals surface area contributed by atoms with Crippen LogP contribution in [-0.4, -0.2) is 36.7 Å². The molecule has 0 bridgehead atoms. The molecule has 2 aromatic carbocycles. The van der Waals surface area contributed by atoms with Crippen molar-refractivity contribution in [3.8, 4) is 0 Å². The number of aromatic amines is 1. The Morgan fingerprint density at radius 2 is 1.73 bits per heavy atom. The van der Waals surface area contributed by atoms with E-state index < -0.39 is 39.9 Å². The lowest BCUT2D eigenvalue weighted by atomic mass is 9.96. The predicted octanol–water partition coefficient (Wildman–Crippen LogP) is 3.41. The molecule has 3 aromatic rings. The summed E-state index contributed by atoms with van der Waals surface area (Å²) in [6, 6.07) is 13.5. The van der Waals surface area contributed by atoms with Gasteiger partial charge in [-0.15, -0.1) is 0 Å². The highest BCUT2D eigenvalue weighted by Crippen LogP contribution is 2.31. The minimum atomic E-state index is -3.91. The smallest absolute Gasteiger partial charge is 0.234 e. The molecule has 1 heterocycles. The standard InChI is InChI=1S/C21H20F2N2O4S/c1-13(18-7-8-19(24-18)21(27)14-5-3-2-4-6-14)20-16(22)11-15(12-17(20)23)25-30(28,29)10-9-26/h2-8,11-13,24-26H,9-10H2,1H3. The third kappa shape index (κ3) is 4.74. The van der Waals surface area contributed by atoms with Crippen LogP contribution in [0.1, 0.15) is 40.2 Å². The van der Waals surface area contributed by atoms with Crippen molar-refractivity contribution in [2.45, 2.75) is 12.8 Å². The zero-order chi connectivity index (χ0) is 21.9. The highest BCUT2D eigenvalue weighted by Gasteiger charge is 2.22. The first-order chi connectivity index (χ1) is 14.2. The molecule has 3 N–H and O–H groups in total. The molecule has 0 saturated carbocycles. The third-order valence-corrected chi connectivity index (χ3v) is 5.87. The van der Waals surface area contributed by atoms with Gasteiger partial charge >= 0.3 is 0 Å².